The molecule has 0 radical (unpaired) electrons. The van der Waals surface area contributed by atoms with Crippen molar-refractivity contribution in [2.45, 2.75) is 38.3 Å². The zero-order chi connectivity index (χ0) is 28.0. The summed E-state index contributed by atoms with van der Waals surface area (Å²) in [6, 6.07) is 5.90. The van der Waals surface area contributed by atoms with Crippen molar-refractivity contribution in [3.8, 4) is 0 Å². The molecule has 0 aliphatic rings. The van der Waals surface area contributed by atoms with Crippen molar-refractivity contribution in [2.24, 2.45) is 5.73 Å². The molecule has 13 heteroatoms. The number of imidazole rings is 1. The van der Waals surface area contributed by atoms with Crippen LogP contribution in [0.15, 0.2) is 65.6 Å². The number of rotatable bonds is 11. The predicted molar refractivity (Wildman–Crippen MR) is 136 cm³/mol. The van der Waals surface area contributed by atoms with Crippen LogP contribution in [0.3, 0.4) is 0 Å². The van der Waals surface area contributed by atoms with Gasteiger partial charge in [-0.15, -0.1) is 0 Å². The Morgan fingerprint density at radius 1 is 1.29 bits per heavy atom. The maximum atomic E-state index is 14.6. The summed E-state index contributed by atoms with van der Waals surface area (Å²) in [4.78, 5) is 54.8. The summed E-state index contributed by atoms with van der Waals surface area (Å²) in [5.74, 6) is -4.55. The summed E-state index contributed by atoms with van der Waals surface area (Å²) >= 11 is 0. The molecule has 1 atom stereocenters. The summed E-state index contributed by atoms with van der Waals surface area (Å²) in [5, 5.41) is 13.5. The monoisotopic (exact) mass is 528 g/mol. The molecule has 0 fully saturated rings. The van der Waals surface area contributed by atoms with Gasteiger partial charge in [-0.05, 0) is 49.6 Å². The van der Waals surface area contributed by atoms with Crippen molar-refractivity contribution in [3.63, 3.8) is 0 Å². The average molecular weight is 529 g/mol. The number of hydrogen-bond acceptors (Lipinski definition) is 5. The molecule has 2 aromatic heterocycles. The van der Waals surface area contributed by atoms with Gasteiger partial charge in [0.05, 0.1) is 23.1 Å². The minimum Gasteiger partial charge on any atom is -0.465 e. The van der Waals surface area contributed by atoms with E-state index in [2.05, 4.69) is 27.2 Å². The molecule has 3 amide bonds. The van der Waals surface area contributed by atoms with E-state index in [-0.39, 0.29) is 47.6 Å². The summed E-state index contributed by atoms with van der Waals surface area (Å²) in [6.45, 7) is 4.46. The van der Waals surface area contributed by atoms with E-state index in [0.717, 1.165) is 6.08 Å². The van der Waals surface area contributed by atoms with Crippen molar-refractivity contribution in [3.05, 3.63) is 82.6 Å². The Bertz CT molecular complexity index is 1480. The zero-order valence-electron chi connectivity index (χ0n) is 20.3. The number of aromatic nitrogens is 3. The lowest BCUT2D eigenvalue weighted by Gasteiger charge is -2.16. The van der Waals surface area contributed by atoms with Crippen LogP contribution in [0.2, 0.25) is 0 Å². The smallest absolute Gasteiger partial charge is 0.405 e. The number of amides is 3. The predicted octanol–water partition coefficient (Wildman–Crippen LogP) is 2.84. The summed E-state index contributed by atoms with van der Waals surface area (Å²) in [6.07, 6.45) is 2.63. The number of carbonyl (C=O) groups excluding carboxylic acids is 2. The number of carbonyl (C=O) groups is 3. The number of H-pyrrole nitrogens is 1. The van der Waals surface area contributed by atoms with E-state index in [1.165, 1.54) is 48.0 Å². The van der Waals surface area contributed by atoms with Gasteiger partial charge in [-0.3, -0.25) is 14.4 Å². The first kappa shape index (κ1) is 27.8. The molecule has 0 saturated heterocycles. The molecule has 0 unspecified atom stereocenters. The Kier molecular flexibility index (Phi) is 8.40. The highest BCUT2D eigenvalue weighted by atomic mass is 19.3. The van der Waals surface area contributed by atoms with Gasteiger partial charge in [0.25, 0.3) is 11.5 Å². The van der Waals surface area contributed by atoms with Crippen molar-refractivity contribution in [1.29, 1.82) is 0 Å². The molecule has 0 aliphatic carbocycles. The Hall–Kier alpha value is -4.81. The van der Waals surface area contributed by atoms with Crippen LogP contribution in [0.1, 0.15) is 31.2 Å². The summed E-state index contributed by atoms with van der Waals surface area (Å²) in [7, 11) is 0. The number of aromatic amines is 1. The van der Waals surface area contributed by atoms with Crippen molar-refractivity contribution >= 4 is 34.6 Å². The lowest BCUT2D eigenvalue weighted by atomic mass is 10.0. The number of alkyl halides is 2. The molecule has 3 aromatic rings. The van der Waals surface area contributed by atoms with Crippen molar-refractivity contribution < 1.29 is 28.3 Å². The van der Waals surface area contributed by atoms with Crippen LogP contribution in [0.25, 0.3) is 11.0 Å². The van der Waals surface area contributed by atoms with E-state index in [1.807, 2.05) is 0 Å². The van der Waals surface area contributed by atoms with Gasteiger partial charge in [0.2, 0.25) is 11.8 Å². The normalized spacial score (nSPS) is 12.4. The molecule has 200 valence electrons. The van der Waals surface area contributed by atoms with Crippen LogP contribution in [0.4, 0.5) is 19.3 Å². The zero-order valence-corrected chi connectivity index (χ0v) is 20.3. The largest absolute Gasteiger partial charge is 0.465 e. The fourth-order valence-electron chi connectivity index (χ4n) is 3.66. The molecule has 3 rings (SSSR count). The second-order valence-corrected chi connectivity index (χ2v) is 8.47. The number of benzene rings is 1. The molecular formula is C25H26F2N6O5. The number of pyridine rings is 1. The van der Waals surface area contributed by atoms with E-state index in [0.29, 0.717) is 5.52 Å². The van der Waals surface area contributed by atoms with E-state index in [4.69, 9.17) is 10.8 Å². The van der Waals surface area contributed by atoms with E-state index >= 15 is 0 Å². The quantitative estimate of drug-likeness (QED) is 0.189. The first-order chi connectivity index (χ1) is 17.9. The number of allylic oxidation sites excluding steroid dienone is 2. The van der Waals surface area contributed by atoms with Crippen molar-refractivity contribution in [1.82, 2.24) is 19.9 Å². The topological polar surface area (TPSA) is 172 Å². The molecule has 38 heavy (non-hydrogen) atoms. The number of halogens is 2. The van der Waals surface area contributed by atoms with Gasteiger partial charge >= 0.3 is 6.09 Å². The first-order valence-electron chi connectivity index (χ1n) is 11.4. The number of nitrogens with zero attached hydrogens (tertiary/aromatic N) is 2. The van der Waals surface area contributed by atoms with Gasteiger partial charge in [-0.25, -0.2) is 9.78 Å². The number of primary amides is 1. The third-order valence-corrected chi connectivity index (χ3v) is 5.55. The Balaban J connectivity index is 1.82. The third-order valence-electron chi connectivity index (χ3n) is 5.55. The van der Waals surface area contributed by atoms with Gasteiger partial charge in [-0.2, -0.15) is 8.78 Å². The van der Waals surface area contributed by atoms with Crippen LogP contribution in [0.5, 0.6) is 0 Å². The number of hydrogen-bond donors (Lipinski definition) is 5. The van der Waals surface area contributed by atoms with Crippen LogP contribution < -0.4 is 21.9 Å². The number of nitrogens with two attached hydrogens (primary N) is 1. The molecule has 0 spiro atoms. The molecule has 0 aliphatic heterocycles. The molecule has 0 saturated carbocycles. The van der Waals surface area contributed by atoms with Crippen LogP contribution in [0, 0.1) is 0 Å². The van der Waals surface area contributed by atoms with Gasteiger partial charge in [-0.1, -0.05) is 24.8 Å². The van der Waals surface area contributed by atoms with E-state index < -0.39 is 35.4 Å². The number of carboxylic acid groups (broad SMARTS) is 1. The van der Waals surface area contributed by atoms with E-state index in [1.54, 1.807) is 6.07 Å². The highest BCUT2D eigenvalue weighted by Gasteiger charge is 2.35. The maximum Gasteiger partial charge on any atom is 0.405 e. The molecule has 2 heterocycles. The van der Waals surface area contributed by atoms with Gasteiger partial charge in [0.15, 0.2) is 0 Å². The first-order valence-corrected chi connectivity index (χ1v) is 11.4. The second kappa shape index (κ2) is 11.5. The second-order valence-electron chi connectivity index (χ2n) is 8.47. The summed E-state index contributed by atoms with van der Waals surface area (Å²) < 4.78 is 30.5. The van der Waals surface area contributed by atoms with Gasteiger partial charge < -0.3 is 31.0 Å². The minimum atomic E-state index is -3.30. The molecule has 6 N–H and O–H groups in total. The maximum absolute atomic E-state index is 14.6. The molecule has 1 aromatic carbocycles. The molecular weight excluding hydrogens is 502 g/mol. The number of nitrogens with one attached hydrogen (secondary N) is 3. The highest BCUT2D eigenvalue weighted by Crippen LogP contribution is 2.37. The Morgan fingerprint density at radius 2 is 2.03 bits per heavy atom. The SMILES string of the molecule is C=C(C)C(F)(F)c1cccc2[nH]c(Cn3cccc(NC(=O)[C@H](CC/C=C/C(N)=O)NC(=O)O)c3=O)nc12. The third kappa shape index (κ3) is 6.49. The molecule has 11 nitrogen and oxygen atoms in total. The number of para-hydroxylation sites is 1. The fraction of sp³-hybridized carbons (Fsp3) is 0.240. The summed E-state index contributed by atoms with van der Waals surface area (Å²) in [5.41, 5.74) is 3.98. The highest BCUT2D eigenvalue weighted by molar-refractivity contribution is 5.96. The van der Waals surface area contributed by atoms with Crippen LogP contribution in [-0.4, -0.2) is 43.6 Å². The van der Waals surface area contributed by atoms with Crippen LogP contribution >= 0.6 is 0 Å². The Morgan fingerprint density at radius 3 is 2.68 bits per heavy atom. The van der Waals surface area contributed by atoms with Gasteiger partial charge in [0.1, 0.15) is 17.6 Å². The molecule has 0 bridgehead atoms. The standard InChI is InChI=1S/C25H26F2N6O5/c1-14(2)25(26,27)15-7-5-9-16-21(15)32-20(29-16)13-33-12-6-10-18(23(33)36)30-22(35)17(31-24(37)38)8-3-4-11-19(28)34/h4-7,9-12,17,31H,1,3,8,13H2,2H3,(H2,28,34)(H,29,32)(H,30,35)(H,37,38)/b11-4+/t17-/m0/s1. The number of fused-ring (bicyclic) bond motifs is 1. The lowest BCUT2D eigenvalue weighted by Crippen LogP contribution is -2.44. The van der Waals surface area contributed by atoms with E-state index in [9.17, 15) is 28.0 Å². The van der Waals surface area contributed by atoms with Crippen LogP contribution in [-0.2, 0) is 22.1 Å². The average Bonchev–Trinajstić information content (AvgIpc) is 3.25. The lowest BCUT2D eigenvalue weighted by molar-refractivity contribution is -0.118. The minimum absolute atomic E-state index is 0.000921. The van der Waals surface area contributed by atoms with Crippen molar-refractivity contribution in [2.75, 3.05) is 5.32 Å². The number of anilines is 1. The van der Waals surface area contributed by atoms with Gasteiger partial charge in [0, 0.05) is 6.20 Å². The fourth-order valence-corrected chi connectivity index (χ4v) is 3.66. The Labute approximate surface area is 215 Å².